The zero-order chi connectivity index (χ0) is 26.7. The number of nitrogens with one attached hydrogen (secondary N) is 2. The van der Waals surface area contributed by atoms with Crippen LogP contribution in [0.1, 0.15) is 33.9 Å². The van der Waals surface area contributed by atoms with Crippen molar-refractivity contribution in [1.29, 1.82) is 0 Å². The Morgan fingerprint density at radius 3 is 2.56 bits per heavy atom. The van der Waals surface area contributed by atoms with E-state index in [-0.39, 0.29) is 5.75 Å². The van der Waals surface area contributed by atoms with Crippen LogP contribution in [-0.4, -0.2) is 56.5 Å². The molecule has 2 heterocycles. The van der Waals surface area contributed by atoms with Crippen LogP contribution in [0, 0.1) is 0 Å². The van der Waals surface area contributed by atoms with Crippen molar-refractivity contribution < 1.29 is 33.0 Å². The molecule has 3 N–H and O–H groups in total. The zero-order valence-corrected chi connectivity index (χ0v) is 21.8. The molecular formula is C22H29ClN3O9P. The van der Waals surface area contributed by atoms with Crippen molar-refractivity contribution in [3.05, 3.63) is 63.4 Å². The molecule has 0 radical (unpaired) electrons. The lowest BCUT2D eigenvalue weighted by Crippen LogP contribution is -2.43. The van der Waals surface area contributed by atoms with E-state index in [1.165, 1.54) is 20.0 Å². The van der Waals surface area contributed by atoms with Gasteiger partial charge in [-0.3, -0.25) is 23.7 Å². The fraction of sp³-hybridized carbons (Fsp3) is 0.500. The number of nitrogens with zero attached hydrogens (tertiary/aromatic N) is 1. The van der Waals surface area contributed by atoms with Crippen LogP contribution in [0.3, 0.4) is 0 Å². The molecule has 6 atom stereocenters. The van der Waals surface area contributed by atoms with Crippen LogP contribution >= 0.6 is 19.3 Å². The quantitative estimate of drug-likeness (QED) is 0.229. The summed E-state index contributed by atoms with van der Waals surface area (Å²) in [6.07, 6.45) is -2.92. The molecule has 198 valence electrons. The molecule has 1 unspecified atom stereocenters. The number of esters is 1. The number of alkyl halides is 1. The summed E-state index contributed by atoms with van der Waals surface area (Å²) in [5, 5.41) is 13.3. The third-order valence-electron chi connectivity index (χ3n) is 5.26. The summed E-state index contributed by atoms with van der Waals surface area (Å²) in [5.41, 5.74) is -1.40. The Balaban J connectivity index is 1.80. The first-order valence-electron chi connectivity index (χ1n) is 11.1. The molecule has 36 heavy (non-hydrogen) atoms. The number of aliphatic hydroxyl groups is 1. The van der Waals surface area contributed by atoms with Gasteiger partial charge in [0.2, 0.25) is 0 Å². The Labute approximate surface area is 212 Å². The average molecular weight is 546 g/mol. The van der Waals surface area contributed by atoms with Crippen molar-refractivity contribution in [3.63, 3.8) is 0 Å². The summed E-state index contributed by atoms with van der Waals surface area (Å²) >= 11 is 6.52. The summed E-state index contributed by atoms with van der Waals surface area (Å²) in [5.74, 6) is -0.473. The summed E-state index contributed by atoms with van der Waals surface area (Å²) in [6.45, 7) is 5.75. The van der Waals surface area contributed by atoms with Gasteiger partial charge in [-0.15, -0.1) is 11.6 Å². The number of ether oxygens (including phenoxy) is 2. The molecule has 2 aromatic rings. The van der Waals surface area contributed by atoms with E-state index in [2.05, 4.69) is 10.1 Å². The molecule has 1 fully saturated rings. The number of carbonyl (C=O) groups is 1. The third-order valence-corrected chi connectivity index (χ3v) is 7.31. The van der Waals surface area contributed by atoms with Gasteiger partial charge in [-0.25, -0.2) is 9.36 Å². The van der Waals surface area contributed by atoms with E-state index in [0.717, 1.165) is 10.6 Å². The van der Waals surface area contributed by atoms with E-state index in [1.54, 1.807) is 44.2 Å². The van der Waals surface area contributed by atoms with E-state index in [9.17, 15) is 24.1 Å². The van der Waals surface area contributed by atoms with Crippen molar-refractivity contribution in [2.24, 2.45) is 0 Å². The van der Waals surface area contributed by atoms with Gasteiger partial charge in [0.15, 0.2) is 6.23 Å². The Morgan fingerprint density at radius 1 is 1.28 bits per heavy atom. The molecule has 0 spiro atoms. The molecule has 1 aliphatic rings. The van der Waals surface area contributed by atoms with E-state index < -0.39 is 67.0 Å². The topological polar surface area (TPSA) is 158 Å². The zero-order valence-electron chi connectivity index (χ0n) is 20.1. The van der Waals surface area contributed by atoms with Crippen LogP contribution < -0.4 is 20.9 Å². The minimum absolute atomic E-state index is 0.200. The number of benzene rings is 1. The molecule has 14 heteroatoms. The summed E-state index contributed by atoms with van der Waals surface area (Å²) in [7, 11) is -4.22. The van der Waals surface area contributed by atoms with Gasteiger partial charge in [0.25, 0.3) is 5.56 Å². The number of hydrogen-bond acceptors (Lipinski definition) is 9. The standard InChI is InChI=1S/C22H29ClN3O9P/c1-13(2)33-19(29)14(3)25-36(31,35-15-8-6-5-7-9-15)32-12-16-18(28)22(4,23)20(34-16)26-11-10-17(27)24-21(26)30/h5-11,13-14,16,18,20,28H,12H2,1-4H3,(H,25,31)(H,24,27,30)/t14-,16-,18+,20+,22+,36?/m0/s1. The van der Waals surface area contributed by atoms with Gasteiger partial charge < -0.3 is 19.1 Å². The second kappa shape index (κ2) is 11.3. The largest absolute Gasteiger partial charge is 0.462 e. The minimum atomic E-state index is -4.22. The van der Waals surface area contributed by atoms with Gasteiger partial charge in [-0.1, -0.05) is 18.2 Å². The number of aliphatic hydroxyl groups excluding tert-OH is 1. The number of hydrogen-bond donors (Lipinski definition) is 3. The summed E-state index contributed by atoms with van der Waals surface area (Å²) in [4.78, 5) is 36.5. The second-order valence-electron chi connectivity index (χ2n) is 8.67. The van der Waals surface area contributed by atoms with Gasteiger partial charge in [0, 0.05) is 12.3 Å². The highest BCUT2D eigenvalue weighted by Crippen LogP contribution is 2.48. The van der Waals surface area contributed by atoms with Crippen LogP contribution in [0.2, 0.25) is 0 Å². The van der Waals surface area contributed by atoms with Crippen LogP contribution in [0.5, 0.6) is 5.75 Å². The molecule has 12 nitrogen and oxygen atoms in total. The van der Waals surface area contributed by atoms with Gasteiger partial charge >= 0.3 is 19.4 Å². The molecule has 1 aromatic heterocycles. The molecule has 0 amide bonds. The lowest BCUT2D eigenvalue weighted by Gasteiger charge is -2.26. The van der Waals surface area contributed by atoms with Crippen LogP contribution in [-0.2, 0) is 23.4 Å². The number of rotatable bonds is 10. The van der Waals surface area contributed by atoms with E-state index in [1.807, 2.05) is 0 Å². The molecule has 0 aliphatic carbocycles. The first-order valence-corrected chi connectivity index (χ1v) is 13.1. The van der Waals surface area contributed by atoms with Crippen LogP contribution in [0.25, 0.3) is 0 Å². The minimum Gasteiger partial charge on any atom is -0.462 e. The number of aromatic amines is 1. The van der Waals surface area contributed by atoms with E-state index >= 15 is 0 Å². The number of halogens is 1. The number of H-pyrrole nitrogens is 1. The van der Waals surface area contributed by atoms with Crippen molar-refractivity contribution in [3.8, 4) is 5.75 Å². The fourth-order valence-corrected chi connectivity index (χ4v) is 5.27. The molecule has 1 saturated heterocycles. The van der Waals surface area contributed by atoms with Gasteiger partial charge in [0.05, 0.1) is 12.7 Å². The molecular weight excluding hydrogens is 517 g/mol. The maximum Gasteiger partial charge on any atom is 0.459 e. The Kier molecular flexibility index (Phi) is 8.81. The first kappa shape index (κ1) is 28.1. The SMILES string of the molecule is CC(C)OC(=O)[C@H](C)NP(=O)(OC[C@@H]1O[C@@H](n2ccc(=O)[nH]c2=O)[C@](C)(Cl)[C@@H]1O)Oc1ccccc1. The van der Waals surface area contributed by atoms with Crippen LogP contribution in [0.4, 0.5) is 0 Å². The van der Waals surface area contributed by atoms with Crippen molar-refractivity contribution in [2.75, 3.05) is 6.61 Å². The van der Waals surface area contributed by atoms with Crippen LogP contribution in [0.15, 0.2) is 52.2 Å². The highest BCUT2D eigenvalue weighted by Gasteiger charge is 2.54. The Bertz CT molecular complexity index is 1220. The first-order chi connectivity index (χ1) is 16.8. The van der Waals surface area contributed by atoms with E-state index in [4.69, 9.17) is 30.1 Å². The van der Waals surface area contributed by atoms with Crippen molar-refractivity contribution in [1.82, 2.24) is 14.6 Å². The number of carbonyl (C=O) groups excluding carboxylic acids is 1. The molecule has 1 aromatic carbocycles. The predicted octanol–water partition coefficient (Wildman–Crippen LogP) is 1.93. The summed E-state index contributed by atoms with van der Waals surface area (Å²) in [6, 6.07) is 8.18. The van der Waals surface area contributed by atoms with Crippen molar-refractivity contribution >= 4 is 25.3 Å². The van der Waals surface area contributed by atoms with Gasteiger partial charge in [-0.05, 0) is 39.8 Å². The van der Waals surface area contributed by atoms with E-state index in [0.29, 0.717) is 0 Å². The number of aromatic nitrogens is 2. The highest BCUT2D eigenvalue weighted by molar-refractivity contribution is 7.52. The lowest BCUT2D eigenvalue weighted by atomic mass is 10.0. The average Bonchev–Trinajstić information content (AvgIpc) is 3.01. The smallest absolute Gasteiger partial charge is 0.459 e. The van der Waals surface area contributed by atoms with Gasteiger partial charge in [0.1, 0.15) is 28.9 Å². The Morgan fingerprint density at radius 2 is 1.94 bits per heavy atom. The summed E-state index contributed by atoms with van der Waals surface area (Å²) < 4.78 is 36.7. The lowest BCUT2D eigenvalue weighted by molar-refractivity contribution is -0.149. The predicted molar refractivity (Wildman–Crippen MR) is 130 cm³/mol. The maximum absolute atomic E-state index is 13.6. The molecule has 1 aliphatic heterocycles. The monoisotopic (exact) mass is 545 g/mol. The highest BCUT2D eigenvalue weighted by atomic mass is 35.5. The molecule has 0 bridgehead atoms. The van der Waals surface area contributed by atoms with Crippen molar-refractivity contribution in [2.45, 2.75) is 63.2 Å². The fourth-order valence-electron chi connectivity index (χ4n) is 3.47. The maximum atomic E-state index is 13.6. The molecule has 0 saturated carbocycles. The normalized spacial score (nSPS) is 26.4. The third kappa shape index (κ3) is 6.64. The Hall–Kier alpha value is -2.47. The van der Waals surface area contributed by atoms with Gasteiger partial charge in [-0.2, -0.15) is 5.09 Å². The second-order valence-corrected chi connectivity index (χ2v) is 11.2. The molecule has 3 rings (SSSR count). The number of para-hydroxylation sites is 1.